The number of ether oxygens (including phenoxy) is 1. The Morgan fingerprint density at radius 3 is 2.76 bits per heavy atom. The molecule has 21 heavy (non-hydrogen) atoms. The lowest BCUT2D eigenvalue weighted by molar-refractivity contribution is 0.266. The maximum Gasteiger partial charge on any atom is 0.146 e. The summed E-state index contributed by atoms with van der Waals surface area (Å²) in [7, 11) is 0. The number of hydrogen-bond acceptors (Lipinski definition) is 3. The van der Waals surface area contributed by atoms with Crippen LogP contribution in [0.5, 0.6) is 5.75 Å². The third-order valence-corrected chi connectivity index (χ3v) is 3.41. The molecule has 0 spiro atoms. The summed E-state index contributed by atoms with van der Waals surface area (Å²) in [6.07, 6.45) is 1.73. The second-order valence-corrected chi connectivity index (χ2v) is 5.95. The molecule has 3 nitrogen and oxygen atoms in total. The molecule has 1 heterocycles. The average Bonchev–Trinajstić information content (AvgIpc) is 2.87. The highest BCUT2D eigenvalue weighted by molar-refractivity contribution is 5.36. The van der Waals surface area contributed by atoms with E-state index in [9.17, 15) is 0 Å². The maximum atomic E-state index is 5.91. The van der Waals surface area contributed by atoms with Crippen molar-refractivity contribution in [1.82, 2.24) is 5.32 Å². The lowest BCUT2D eigenvalue weighted by Crippen LogP contribution is -2.19. The van der Waals surface area contributed by atoms with Crippen LogP contribution < -0.4 is 10.1 Å². The van der Waals surface area contributed by atoms with E-state index in [-0.39, 0.29) is 0 Å². The Morgan fingerprint density at radius 2 is 2.00 bits per heavy atom. The summed E-state index contributed by atoms with van der Waals surface area (Å²) in [5.74, 6) is 2.46. The van der Waals surface area contributed by atoms with Crippen molar-refractivity contribution in [2.45, 2.75) is 40.8 Å². The summed E-state index contributed by atoms with van der Waals surface area (Å²) in [6.45, 7) is 10.8. The first-order valence-corrected chi connectivity index (χ1v) is 7.52. The summed E-state index contributed by atoms with van der Waals surface area (Å²) in [4.78, 5) is 0. The van der Waals surface area contributed by atoms with Gasteiger partial charge in [0.05, 0.1) is 6.26 Å². The van der Waals surface area contributed by atoms with Crippen molar-refractivity contribution in [1.29, 1.82) is 0 Å². The molecular formula is C18H25NO2. The molecule has 0 aliphatic rings. The molecule has 1 aromatic carbocycles. The highest BCUT2D eigenvalue weighted by Crippen LogP contribution is 2.21. The van der Waals surface area contributed by atoms with Gasteiger partial charge in [0.25, 0.3) is 0 Å². The van der Waals surface area contributed by atoms with Crippen LogP contribution in [0.15, 0.2) is 34.9 Å². The van der Waals surface area contributed by atoms with Gasteiger partial charge >= 0.3 is 0 Å². The molecule has 114 valence electrons. The van der Waals surface area contributed by atoms with Gasteiger partial charge in [0, 0.05) is 12.1 Å². The summed E-state index contributed by atoms with van der Waals surface area (Å²) < 4.78 is 11.5. The zero-order valence-electron chi connectivity index (χ0n) is 13.4. The van der Waals surface area contributed by atoms with Gasteiger partial charge in [0.15, 0.2) is 0 Å². The summed E-state index contributed by atoms with van der Waals surface area (Å²) in [6, 6.07) is 8.25. The lowest BCUT2D eigenvalue weighted by Gasteiger charge is -2.11. The molecule has 0 unspecified atom stereocenters. The van der Waals surface area contributed by atoms with Crippen LogP contribution >= 0.6 is 0 Å². The Kier molecular flexibility index (Phi) is 5.45. The van der Waals surface area contributed by atoms with E-state index in [2.05, 4.69) is 51.2 Å². The van der Waals surface area contributed by atoms with Crippen LogP contribution in [0.3, 0.4) is 0 Å². The zero-order valence-corrected chi connectivity index (χ0v) is 13.4. The van der Waals surface area contributed by atoms with Crippen molar-refractivity contribution in [3.8, 4) is 5.75 Å². The lowest BCUT2D eigenvalue weighted by atomic mass is 10.1. The van der Waals surface area contributed by atoms with Crippen LogP contribution in [0.1, 0.15) is 36.3 Å². The van der Waals surface area contributed by atoms with Crippen LogP contribution in [-0.2, 0) is 13.2 Å². The highest BCUT2D eigenvalue weighted by atomic mass is 16.5. The van der Waals surface area contributed by atoms with Crippen LogP contribution in [0.2, 0.25) is 0 Å². The molecule has 0 fully saturated rings. The van der Waals surface area contributed by atoms with Crippen LogP contribution in [0, 0.1) is 19.8 Å². The fourth-order valence-electron chi connectivity index (χ4n) is 2.15. The minimum Gasteiger partial charge on any atom is -0.485 e. The first-order chi connectivity index (χ1) is 10.1. The van der Waals surface area contributed by atoms with Crippen molar-refractivity contribution in [3.05, 3.63) is 53.0 Å². The molecule has 0 bridgehead atoms. The fourth-order valence-corrected chi connectivity index (χ4v) is 2.15. The van der Waals surface area contributed by atoms with Crippen molar-refractivity contribution in [2.75, 3.05) is 6.54 Å². The van der Waals surface area contributed by atoms with Crippen LogP contribution in [0.4, 0.5) is 0 Å². The Morgan fingerprint density at radius 1 is 1.19 bits per heavy atom. The highest BCUT2D eigenvalue weighted by Gasteiger charge is 2.08. The predicted octanol–water partition coefficient (Wildman–Crippen LogP) is 4.22. The van der Waals surface area contributed by atoms with E-state index in [1.807, 2.05) is 6.07 Å². The molecule has 0 saturated heterocycles. The zero-order chi connectivity index (χ0) is 15.2. The molecule has 3 heteroatoms. The SMILES string of the molecule is Cc1ccc(C)c(OCc2occc2CNCC(C)C)c1. The average molecular weight is 287 g/mol. The maximum absolute atomic E-state index is 5.91. The number of benzene rings is 1. The summed E-state index contributed by atoms with van der Waals surface area (Å²) in [5.41, 5.74) is 3.52. The predicted molar refractivity (Wildman–Crippen MR) is 85.5 cm³/mol. The second-order valence-electron chi connectivity index (χ2n) is 5.95. The minimum absolute atomic E-state index is 0.468. The molecule has 0 amide bonds. The Hall–Kier alpha value is -1.74. The standard InChI is InChI=1S/C18H25NO2/c1-13(2)10-19-11-16-7-8-20-18(16)12-21-17-9-14(3)5-6-15(17)4/h5-9,13,19H,10-12H2,1-4H3. The fraction of sp³-hybridized carbons (Fsp3) is 0.444. The van der Waals surface area contributed by atoms with Gasteiger partial charge in [0.1, 0.15) is 18.1 Å². The van der Waals surface area contributed by atoms with Crippen molar-refractivity contribution < 1.29 is 9.15 Å². The van der Waals surface area contributed by atoms with Gasteiger partial charge in [0.2, 0.25) is 0 Å². The molecule has 0 atom stereocenters. The molecule has 1 N–H and O–H groups in total. The van der Waals surface area contributed by atoms with E-state index >= 15 is 0 Å². The Balaban J connectivity index is 1.94. The number of nitrogens with one attached hydrogen (secondary N) is 1. The van der Waals surface area contributed by atoms with E-state index in [0.29, 0.717) is 12.5 Å². The van der Waals surface area contributed by atoms with Crippen molar-refractivity contribution in [2.24, 2.45) is 5.92 Å². The van der Waals surface area contributed by atoms with Gasteiger partial charge in [-0.05, 0) is 49.6 Å². The summed E-state index contributed by atoms with van der Waals surface area (Å²) in [5, 5.41) is 3.43. The molecule has 0 saturated carbocycles. The van der Waals surface area contributed by atoms with E-state index < -0.39 is 0 Å². The van der Waals surface area contributed by atoms with Crippen LogP contribution in [0.25, 0.3) is 0 Å². The summed E-state index contributed by atoms with van der Waals surface area (Å²) >= 11 is 0. The number of aryl methyl sites for hydroxylation is 2. The molecular weight excluding hydrogens is 262 g/mol. The first kappa shape index (κ1) is 15.6. The third-order valence-electron chi connectivity index (χ3n) is 3.41. The Bertz CT molecular complexity index is 572. The second kappa shape index (κ2) is 7.32. The van der Waals surface area contributed by atoms with Gasteiger partial charge in [-0.2, -0.15) is 0 Å². The van der Waals surface area contributed by atoms with Gasteiger partial charge in [-0.3, -0.25) is 0 Å². The van der Waals surface area contributed by atoms with Crippen molar-refractivity contribution >= 4 is 0 Å². The smallest absolute Gasteiger partial charge is 0.146 e. The molecule has 0 radical (unpaired) electrons. The minimum atomic E-state index is 0.468. The van der Waals surface area contributed by atoms with Crippen molar-refractivity contribution in [3.63, 3.8) is 0 Å². The normalized spacial score (nSPS) is 11.1. The van der Waals surface area contributed by atoms with Crippen LogP contribution in [-0.4, -0.2) is 6.54 Å². The third kappa shape index (κ3) is 4.64. The largest absolute Gasteiger partial charge is 0.485 e. The number of furan rings is 1. The Labute approximate surface area is 127 Å². The van der Waals surface area contributed by atoms with Gasteiger partial charge < -0.3 is 14.5 Å². The number of rotatable bonds is 7. The van der Waals surface area contributed by atoms with E-state index in [1.165, 1.54) is 11.1 Å². The van der Waals surface area contributed by atoms with E-state index in [0.717, 1.165) is 30.2 Å². The first-order valence-electron chi connectivity index (χ1n) is 7.52. The van der Waals surface area contributed by atoms with E-state index in [4.69, 9.17) is 9.15 Å². The molecule has 0 aliphatic heterocycles. The molecule has 0 aliphatic carbocycles. The van der Waals surface area contributed by atoms with Gasteiger partial charge in [-0.1, -0.05) is 26.0 Å². The van der Waals surface area contributed by atoms with E-state index in [1.54, 1.807) is 6.26 Å². The molecule has 2 rings (SSSR count). The molecule has 2 aromatic rings. The topological polar surface area (TPSA) is 34.4 Å². The monoisotopic (exact) mass is 287 g/mol. The number of hydrogen-bond donors (Lipinski definition) is 1. The van der Waals surface area contributed by atoms with Gasteiger partial charge in [-0.25, -0.2) is 0 Å². The quantitative estimate of drug-likeness (QED) is 0.828. The van der Waals surface area contributed by atoms with Gasteiger partial charge in [-0.15, -0.1) is 0 Å². The molecule has 1 aromatic heterocycles.